The first-order valence-electron chi connectivity index (χ1n) is 8.33. The summed E-state index contributed by atoms with van der Waals surface area (Å²) in [4.78, 5) is 19.7. The number of benzene rings is 1. The Kier molecular flexibility index (Phi) is 5.48. The number of urea groups is 1. The third-order valence-electron chi connectivity index (χ3n) is 4.40. The molecule has 0 saturated carbocycles. The molecule has 0 radical (unpaired) electrons. The highest BCUT2D eigenvalue weighted by Crippen LogP contribution is 2.34. The van der Waals surface area contributed by atoms with Crippen LogP contribution in [-0.4, -0.2) is 34.2 Å². The molecular weight excluding hydrogens is 322 g/mol. The van der Waals surface area contributed by atoms with E-state index in [0.717, 1.165) is 29.1 Å². The highest BCUT2D eigenvalue weighted by Gasteiger charge is 2.28. The lowest BCUT2D eigenvalue weighted by Gasteiger charge is -2.35. The standard InChI is InChI=1S/C18H23N3O2S/c1-13-19-11-15(24-13)12-20-18(23)21(9-10-22)17-8-4-6-14-5-2-3-7-16(14)17/h2-3,5,7,11,17,22H,4,6,8-10,12H2,1H3,(H,20,23). The molecule has 1 aromatic carbocycles. The molecule has 1 unspecified atom stereocenters. The van der Waals surface area contributed by atoms with Crippen molar-refractivity contribution in [2.75, 3.05) is 13.2 Å². The molecule has 1 aliphatic rings. The predicted molar refractivity (Wildman–Crippen MR) is 95.0 cm³/mol. The molecule has 2 N–H and O–H groups in total. The van der Waals surface area contributed by atoms with E-state index in [-0.39, 0.29) is 18.7 Å². The molecule has 0 fully saturated rings. The van der Waals surface area contributed by atoms with Gasteiger partial charge in [-0.1, -0.05) is 24.3 Å². The lowest BCUT2D eigenvalue weighted by Crippen LogP contribution is -2.44. The summed E-state index contributed by atoms with van der Waals surface area (Å²) in [5.41, 5.74) is 2.52. The normalized spacial score (nSPS) is 16.5. The van der Waals surface area contributed by atoms with Crippen LogP contribution in [0.3, 0.4) is 0 Å². The van der Waals surface area contributed by atoms with Crippen LogP contribution in [0.25, 0.3) is 0 Å². The molecule has 1 aromatic heterocycles. The summed E-state index contributed by atoms with van der Waals surface area (Å²) < 4.78 is 0. The van der Waals surface area contributed by atoms with E-state index >= 15 is 0 Å². The fourth-order valence-electron chi connectivity index (χ4n) is 3.31. The Morgan fingerprint density at radius 3 is 3.04 bits per heavy atom. The third kappa shape index (κ3) is 3.76. The second-order valence-electron chi connectivity index (χ2n) is 6.03. The summed E-state index contributed by atoms with van der Waals surface area (Å²) >= 11 is 1.59. The van der Waals surface area contributed by atoms with Crippen LogP contribution in [0.5, 0.6) is 0 Å². The lowest BCUT2D eigenvalue weighted by molar-refractivity contribution is 0.144. The van der Waals surface area contributed by atoms with E-state index in [1.165, 1.54) is 11.1 Å². The molecule has 24 heavy (non-hydrogen) atoms. The van der Waals surface area contributed by atoms with Crippen LogP contribution in [-0.2, 0) is 13.0 Å². The van der Waals surface area contributed by atoms with Gasteiger partial charge in [0, 0.05) is 17.6 Å². The zero-order valence-electron chi connectivity index (χ0n) is 13.9. The van der Waals surface area contributed by atoms with E-state index < -0.39 is 0 Å². The monoisotopic (exact) mass is 345 g/mol. The average molecular weight is 345 g/mol. The Balaban J connectivity index is 1.73. The van der Waals surface area contributed by atoms with Crippen LogP contribution in [0.4, 0.5) is 4.79 Å². The molecule has 3 rings (SSSR count). The van der Waals surface area contributed by atoms with Crippen molar-refractivity contribution in [2.45, 2.75) is 38.8 Å². The predicted octanol–water partition coefficient (Wildman–Crippen LogP) is 3.03. The number of amides is 2. The number of aliphatic hydroxyl groups is 1. The van der Waals surface area contributed by atoms with Gasteiger partial charge in [0.05, 0.1) is 24.2 Å². The van der Waals surface area contributed by atoms with Gasteiger partial charge in [-0.05, 0) is 37.3 Å². The minimum Gasteiger partial charge on any atom is -0.395 e. The average Bonchev–Trinajstić information content (AvgIpc) is 3.02. The Hall–Kier alpha value is -1.92. The highest BCUT2D eigenvalue weighted by atomic mass is 32.1. The number of nitrogens with one attached hydrogen (secondary N) is 1. The number of aryl methyl sites for hydroxylation is 2. The van der Waals surface area contributed by atoms with Gasteiger partial charge >= 0.3 is 6.03 Å². The molecule has 0 saturated heterocycles. The fraction of sp³-hybridized carbons (Fsp3) is 0.444. The van der Waals surface area contributed by atoms with Gasteiger partial charge in [0.15, 0.2) is 0 Å². The fourth-order valence-corrected chi connectivity index (χ4v) is 4.04. The van der Waals surface area contributed by atoms with Gasteiger partial charge in [-0.3, -0.25) is 0 Å². The number of aliphatic hydroxyl groups excluding tert-OH is 1. The minimum atomic E-state index is -0.128. The molecule has 1 atom stereocenters. The highest BCUT2D eigenvalue weighted by molar-refractivity contribution is 7.11. The Morgan fingerprint density at radius 1 is 1.46 bits per heavy atom. The molecule has 1 heterocycles. The smallest absolute Gasteiger partial charge is 0.318 e. The van der Waals surface area contributed by atoms with Gasteiger partial charge in [0.2, 0.25) is 0 Å². The van der Waals surface area contributed by atoms with Gasteiger partial charge < -0.3 is 15.3 Å². The van der Waals surface area contributed by atoms with Gasteiger partial charge in [0.25, 0.3) is 0 Å². The summed E-state index contributed by atoms with van der Waals surface area (Å²) in [7, 11) is 0. The third-order valence-corrected chi connectivity index (χ3v) is 5.31. The molecule has 1 aliphatic carbocycles. The number of aromatic nitrogens is 1. The Morgan fingerprint density at radius 2 is 2.29 bits per heavy atom. The summed E-state index contributed by atoms with van der Waals surface area (Å²) in [6.45, 7) is 2.73. The number of hydrogen-bond acceptors (Lipinski definition) is 4. The first-order valence-corrected chi connectivity index (χ1v) is 9.15. The number of thiazole rings is 1. The van der Waals surface area contributed by atoms with Crippen molar-refractivity contribution in [2.24, 2.45) is 0 Å². The van der Waals surface area contributed by atoms with Crippen molar-refractivity contribution in [3.05, 3.63) is 51.5 Å². The van der Waals surface area contributed by atoms with E-state index in [0.29, 0.717) is 13.1 Å². The van der Waals surface area contributed by atoms with Crippen molar-refractivity contribution in [3.8, 4) is 0 Å². The van der Waals surface area contributed by atoms with Gasteiger partial charge in [-0.15, -0.1) is 11.3 Å². The molecule has 5 nitrogen and oxygen atoms in total. The zero-order chi connectivity index (χ0) is 16.9. The van der Waals surface area contributed by atoms with Gasteiger partial charge in [-0.2, -0.15) is 0 Å². The number of rotatable bonds is 5. The van der Waals surface area contributed by atoms with E-state index in [9.17, 15) is 9.90 Å². The van der Waals surface area contributed by atoms with E-state index in [1.807, 2.05) is 19.1 Å². The van der Waals surface area contributed by atoms with Crippen LogP contribution >= 0.6 is 11.3 Å². The first-order chi connectivity index (χ1) is 11.7. The molecule has 2 amide bonds. The molecule has 128 valence electrons. The molecule has 6 heteroatoms. The second-order valence-corrected chi connectivity index (χ2v) is 7.35. The largest absolute Gasteiger partial charge is 0.395 e. The van der Waals surface area contributed by atoms with Crippen molar-refractivity contribution in [3.63, 3.8) is 0 Å². The van der Waals surface area contributed by atoms with Crippen molar-refractivity contribution in [1.29, 1.82) is 0 Å². The Bertz CT molecular complexity index is 701. The zero-order valence-corrected chi connectivity index (χ0v) is 14.7. The maximum atomic E-state index is 12.7. The lowest BCUT2D eigenvalue weighted by atomic mass is 9.87. The molecular formula is C18H23N3O2S. The topological polar surface area (TPSA) is 65.5 Å². The summed E-state index contributed by atoms with van der Waals surface area (Å²) in [6, 6.07) is 8.21. The molecule has 2 aromatic rings. The van der Waals surface area contributed by atoms with Crippen LogP contribution in [0, 0.1) is 6.92 Å². The van der Waals surface area contributed by atoms with Crippen LogP contribution in [0.2, 0.25) is 0 Å². The summed E-state index contributed by atoms with van der Waals surface area (Å²) in [5, 5.41) is 13.4. The number of carbonyl (C=O) groups is 1. The maximum absolute atomic E-state index is 12.7. The number of fused-ring (bicyclic) bond motifs is 1. The second kappa shape index (κ2) is 7.77. The number of carbonyl (C=O) groups excluding carboxylic acids is 1. The maximum Gasteiger partial charge on any atom is 0.318 e. The molecule has 0 bridgehead atoms. The number of hydrogen-bond donors (Lipinski definition) is 2. The molecule has 0 aliphatic heterocycles. The van der Waals surface area contributed by atoms with Crippen molar-refractivity contribution >= 4 is 17.4 Å². The minimum absolute atomic E-state index is 0.0327. The number of nitrogens with zero attached hydrogens (tertiary/aromatic N) is 2. The summed E-state index contributed by atoms with van der Waals surface area (Å²) in [6.07, 6.45) is 4.85. The van der Waals surface area contributed by atoms with Crippen LogP contribution < -0.4 is 5.32 Å². The van der Waals surface area contributed by atoms with Crippen LogP contribution in [0.1, 0.15) is 39.9 Å². The van der Waals surface area contributed by atoms with E-state index in [4.69, 9.17) is 0 Å². The van der Waals surface area contributed by atoms with E-state index in [1.54, 1.807) is 22.4 Å². The van der Waals surface area contributed by atoms with Gasteiger partial charge in [-0.25, -0.2) is 9.78 Å². The first kappa shape index (κ1) is 16.9. The van der Waals surface area contributed by atoms with Gasteiger partial charge in [0.1, 0.15) is 0 Å². The van der Waals surface area contributed by atoms with Crippen molar-refractivity contribution in [1.82, 2.24) is 15.2 Å². The van der Waals surface area contributed by atoms with Crippen molar-refractivity contribution < 1.29 is 9.90 Å². The SMILES string of the molecule is Cc1ncc(CNC(=O)N(CCO)C2CCCc3ccccc32)s1. The molecule has 0 spiro atoms. The van der Waals surface area contributed by atoms with Crippen LogP contribution in [0.15, 0.2) is 30.5 Å². The quantitative estimate of drug-likeness (QED) is 0.875. The Labute approximate surface area is 146 Å². The van der Waals surface area contributed by atoms with E-state index in [2.05, 4.69) is 22.4 Å². The summed E-state index contributed by atoms with van der Waals surface area (Å²) in [5.74, 6) is 0.